The lowest BCUT2D eigenvalue weighted by molar-refractivity contribution is -0.0527. The normalized spacial score (nSPS) is 37.8. The van der Waals surface area contributed by atoms with E-state index in [2.05, 4.69) is 40.7 Å². The summed E-state index contributed by atoms with van der Waals surface area (Å²) in [7, 11) is -4.12. The largest absolute Gasteiger partial charge is 0.294 e. The van der Waals surface area contributed by atoms with Gasteiger partial charge < -0.3 is 0 Å². The van der Waals surface area contributed by atoms with Crippen molar-refractivity contribution in [1.29, 1.82) is 0 Å². The number of benzene rings is 1. The van der Waals surface area contributed by atoms with E-state index in [0.29, 0.717) is 16.7 Å². The van der Waals surface area contributed by atoms with Crippen LogP contribution in [0.5, 0.6) is 0 Å². The Morgan fingerprint density at radius 3 is 2.37 bits per heavy atom. The van der Waals surface area contributed by atoms with E-state index in [-0.39, 0.29) is 4.90 Å². The number of hydrogen-bond donors (Lipinski definition) is 1. The molecule has 0 amide bonds. The third kappa shape index (κ3) is 5.30. The third-order valence-electron chi connectivity index (χ3n) is 12.2. The highest BCUT2D eigenvalue weighted by Gasteiger charge is 2.59. The molecule has 3 saturated carbocycles. The molecule has 4 aliphatic rings. The predicted octanol–water partition coefficient (Wildman–Crippen LogP) is 9.13. The van der Waals surface area contributed by atoms with Crippen LogP contribution in [0.15, 0.2) is 40.8 Å². The summed E-state index contributed by atoms with van der Waals surface area (Å²) in [5.74, 6) is 5.88. The van der Waals surface area contributed by atoms with Gasteiger partial charge in [0.25, 0.3) is 10.1 Å². The molecule has 1 N–H and O–H groups in total. The lowest BCUT2D eigenvalue weighted by Gasteiger charge is -2.58. The molecule has 0 radical (unpaired) electrons. The molecule has 5 rings (SSSR count). The van der Waals surface area contributed by atoms with E-state index in [4.69, 9.17) is 0 Å². The van der Waals surface area contributed by atoms with E-state index in [1.807, 2.05) is 12.1 Å². The average Bonchev–Trinajstić information content (AvgIpc) is 3.21. The zero-order valence-corrected chi connectivity index (χ0v) is 25.4. The second kappa shape index (κ2) is 10.7. The van der Waals surface area contributed by atoms with Crippen LogP contribution in [-0.4, -0.2) is 13.0 Å². The van der Waals surface area contributed by atoms with Crippen LogP contribution in [-0.2, 0) is 16.5 Å². The standard InChI is InChI=1S/C34H52O3S/c1-23(2)7-6-8-24(3)30-15-16-31-29-14-11-27-22-26(21-25-9-12-28(13-10-25)38(35,36)37)17-19-33(27,4)32(29)18-20-34(30,31)5/h9-13,23-24,26,29-32H,6-8,14-22H2,1-5H3,(H,35,36,37)/t24-,26?,29?,30-,31?,32?,33+,34-/m1/s1. The highest BCUT2D eigenvalue weighted by molar-refractivity contribution is 7.85. The summed E-state index contributed by atoms with van der Waals surface area (Å²) in [6.07, 6.45) is 18.7. The molecule has 4 heteroatoms. The zero-order valence-electron chi connectivity index (χ0n) is 24.6. The highest BCUT2D eigenvalue weighted by atomic mass is 32.2. The van der Waals surface area contributed by atoms with E-state index < -0.39 is 10.1 Å². The van der Waals surface area contributed by atoms with Crippen molar-refractivity contribution < 1.29 is 13.0 Å². The van der Waals surface area contributed by atoms with Crippen molar-refractivity contribution in [3.63, 3.8) is 0 Å². The Morgan fingerprint density at radius 2 is 1.68 bits per heavy atom. The molecular weight excluding hydrogens is 488 g/mol. The summed E-state index contributed by atoms with van der Waals surface area (Å²) in [4.78, 5) is -0.0121. The molecule has 8 atom stereocenters. The molecule has 0 saturated heterocycles. The Morgan fingerprint density at radius 1 is 0.947 bits per heavy atom. The lowest BCUT2D eigenvalue weighted by Crippen LogP contribution is -2.50. The van der Waals surface area contributed by atoms with E-state index in [1.54, 1.807) is 17.7 Å². The van der Waals surface area contributed by atoms with E-state index in [0.717, 1.165) is 41.9 Å². The quantitative estimate of drug-likeness (QED) is 0.264. The molecule has 4 aliphatic carbocycles. The maximum atomic E-state index is 11.4. The van der Waals surface area contributed by atoms with Gasteiger partial charge in [-0.05, 0) is 128 Å². The number of allylic oxidation sites excluding steroid dienone is 2. The van der Waals surface area contributed by atoms with Crippen molar-refractivity contribution in [2.24, 2.45) is 52.3 Å². The van der Waals surface area contributed by atoms with Gasteiger partial charge in [-0.3, -0.25) is 4.55 Å². The summed E-state index contributed by atoms with van der Waals surface area (Å²) in [6.45, 7) is 12.6. The van der Waals surface area contributed by atoms with Gasteiger partial charge in [0, 0.05) is 0 Å². The minimum Gasteiger partial charge on any atom is -0.282 e. The predicted molar refractivity (Wildman–Crippen MR) is 156 cm³/mol. The smallest absolute Gasteiger partial charge is 0.282 e. The van der Waals surface area contributed by atoms with Gasteiger partial charge in [-0.25, -0.2) is 0 Å². The molecule has 3 fully saturated rings. The van der Waals surface area contributed by atoms with Crippen LogP contribution in [0, 0.1) is 52.3 Å². The second-order valence-corrected chi connectivity index (χ2v) is 16.1. The minimum absolute atomic E-state index is 0.0121. The zero-order chi connectivity index (χ0) is 27.3. The van der Waals surface area contributed by atoms with Crippen molar-refractivity contribution in [2.45, 2.75) is 117 Å². The fourth-order valence-corrected chi connectivity index (χ4v) is 10.5. The molecule has 3 nitrogen and oxygen atoms in total. The van der Waals surface area contributed by atoms with Crippen LogP contribution in [0.3, 0.4) is 0 Å². The number of fused-ring (bicyclic) bond motifs is 5. The highest BCUT2D eigenvalue weighted by Crippen LogP contribution is 2.67. The van der Waals surface area contributed by atoms with Crippen LogP contribution in [0.4, 0.5) is 0 Å². The maximum absolute atomic E-state index is 11.4. The lowest BCUT2D eigenvalue weighted by atomic mass is 9.46. The molecule has 0 bridgehead atoms. The summed E-state index contributed by atoms with van der Waals surface area (Å²) in [5, 5.41) is 0. The summed E-state index contributed by atoms with van der Waals surface area (Å²) in [6, 6.07) is 6.84. The van der Waals surface area contributed by atoms with E-state index >= 15 is 0 Å². The Bertz CT molecular complexity index is 1120. The van der Waals surface area contributed by atoms with E-state index in [9.17, 15) is 13.0 Å². The molecule has 0 aliphatic heterocycles. The first-order valence-electron chi connectivity index (χ1n) is 15.7. The molecule has 4 unspecified atom stereocenters. The molecule has 1 aromatic carbocycles. The SMILES string of the molecule is CC(C)CCC[C@@H](C)[C@H]1CCC2C3CC=C4CC(Cc5ccc(S(=O)(=O)O)cc5)CC[C@]4(C)C3CC[C@@]21C. The van der Waals surface area contributed by atoms with Crippen LogP contribution in [0.25, 0.3) is 0 Å². The van der Waals surface area contributed by atoms with Gasteiger partial charge in [0.1, 0.15) is 0 Å². The first-order chi connectivity index (χ1) is 17.9. The number of hydrogen-bond acceptors (Lipinski definition) is 2. The van der Waals surface area contributed by atoms with E-state index in [1.165, 1.54) is 76.2 Å². The Labute approximate surface area is 233 Å². The van der Waals surface area contributed by atoms with Crippen molar-refractivity contribution >= 4 is 10.1 Å². The second-order valence-electron chi connectivity index (χ2n) is 14.7. The van der Waals surface area contributed by atoms with Crippen molar-refractivity contribution in [1.82, 2.24) is 0 Å². The topological polar surface area (TPSA) is 54.4 Å². The van der Waals surface area contributed by atoms with Crippen molar-refractivity contribution in [3.05, 3.63) is 41.5 Å². The molecule has 1 aromatic rings. The van der Waals surface area contributed by atoms with Gasteiger partial charge >= 0.3 is 0 Å². The van der Waals surface area contributed by atoms with Crippen LogP contribution >= 0.6 is 0 Å². The van der Waals surface area contributed by atoms with Gasteiger partial charge in [0.15, 0.2) is 0 Å². The van der Waals surface area contributed by atoms with Crippen molar-refractivity contribution in [2.75, 3.05) is 0 Å². The molecule has 38 heavy (non-hydrogen) atoms. The van der Waals surface area contributed by atoms with Gasteiger partial charge in [0.2, 0.25) is 0 Å². The minimum atomic E-state index is -4.12. The van der Waals surface area contributed by atoms with Crippen LogP contribution < -0.4 is 0 Å². The fraction of sp³-hybridized carbons (Fsp3) is 0.765. The van der Waals surface area contributed by atoms with Gasteiger partial charge in [-0.15, -0.1) is 0 Å². The van der Waals surface area contributed by atoms with Crippen LogP contribution in [0.1, 0.15) is 111 Å². The van der Waals surface area contributed by atoms with Crippen LogP contribution in [0.2, 0.25) is 0 Å². The first kappa shape index (κ1) is 28.4. The Balaban J connectivity index is 1.25. The average molecular weight is 541 g/mol. The molecule has 0 spiro atoms. The maximum Gasteiger partial charge on any atom is 0.294 e. The summed E-state index contributed by atoms with van der Waals surface area (Å²) >= 11 is 0. The Kier molecular flexibility index (Phi) is 7.99. The fourth-order valence-electron chi connectivity index (χ4n) is 10.1. The summed E-state index contributed by atoms with van der Waals surface area (Å²) in [5.41, 5.74) is 3.82. The first-order valence-corrected chi connectivity index (χ1v) is 17.1. The molecular formula is C34H52O3S. The molecule has 0 heterocycles. The van der Waals surface area contributed by atoms with Gasteiger partial charge in [-0.1, -0.05) is 77.7 Å². The number of rotatable bonds is 8. The molecule has 212 valence electrons. The van der Waals surface area contributed by atoms with Crippen molar-refractivity contribution in [3.8, 4) is 0 Å². The summed E-state index contributed by atoms with van der Waals surface area (Å²) < 4.78 is 32.1. The van der Waals surface area contributed by atoms with Gasteiger partial charge in [0.05, 0.1) is 4.90 Å². The third-order valence-corrected chi connectivity index (χ3v) is 13.0. The van der Waals surface area contributed by atoms with Gasteiger partial charge in [-0.2, -0.15) is 8.42 Å². The monoisotopic (exact) mass is 540 g/mol. The molecule has 0 aromatic heterocycles. The Hall–Kier alpha value is -1.13.